The zero-order valence-electron chi connectivity index (χ0n) is 16.0. The number of rotatable bonds is 6. The summed E-state index contributed by atoms with van der Waals surface area (Å²) in [4.78, 5) is 28.5. The van der Waals surface area contributed by atoms with Crippen LogP contribution in [0.15, 0.2) is 0 Å². The Morgan fingerprint density at radius 2 is 1.96 bits per heavy atom. The fraction of sp³-hybridized carbons (Fsp3) is 0.667. The summed E-state index contributed by atoms with van der Waals surface area (Å²) in [5, 5.41) is 3.55. The molecule has 1 aliphatic rings. The number of ether oxygens (including phenoxy) is 1. The molecule has 2 rings (SSSR count). The molecule has 1 aromatic heterocycles. The Balaban J connectivity index is 2.00. The standard InChI is InChI=1S/C18H29N3O3S/c1-6-24-18(23)16-12(2)13(3)25-17(16)19-15(22)11-21(5)14-7-9-20(4)10-8-14/h14H,6-11H2,1-5H3,(H,19,22)/p+2. The van der Waals surface area contributed by atoms with Crippen molar-refractivity contribution in [2.75, 3.05) is 45.7 Å². The number of aryl methyl sites for hydroxylation is 1. The smallest absolute Gasteiger partial charge is 0.341 e. The lowest BCUT2D eigenvalue weighted by Gasteiger charge is -2.30. The average Bonchev–Trinajstić information content (AvgIpc) is 2.82. The van der Waals surface area contributed by atoms with Crippen LogP contribution in [0.3, 0.4) is 0 Å². The predicted molar refractivity (Wildman–Crippen MR) is 99.8 cm³/mol. The molecule has 1 unspecified atom stereocenters. The van der Waals surface area contributed by atoms with Gasteiger partial charge in [-0.25, -0.2) is 4.79 Å². The molecule has 1 amide bonds. The largest absolute Gasteiger partial charge is 0.462 e. The van der Waals surface area contributed by atoms with Gasteiger partial charge in [0, 0.05) is 17.7 Å². The van der Waals surface area contributed by atoms with E-state index in [9.17, 15) is 9.59 Å². The number of hydrogen-bond donors (Lipinski definition) is 3. The minimum atomic E-state index is -0.362. The number of carbonyl (C=O) groups excluding carboxylic acids is 2. The molecule has 0 aliphatic carbocycles. The molecule has 0 spiro atoms. The number of anilines is 1. The Labute approximate surface area is 154 Å². The van der Waals surface area contributed by atoms with Crippen molar-refractivity contribution < 1.29 is 24.1 Å². The highest BCUT2D eigenvalue weighted by molar-refractivity contribution is 7.16. The van der Waals surface area contributed by atoms with Crippen molar-refractivity contribution in [1.29, 1.82) is 0 Å². The van der Waals surface area contributed by atoms with Gasteiger partial charge in [0.15, 0.2) is 6.54 Å². The monoisotopic (exact) mass is 369 g/mol. The van der Waals surface area contributed by atoms with Gasteiger partial charge in [-0.15, -0.1) is 11.3 Å². The topological polar surface area (TPSA) is 64.3 Å². The van der Waals surface area contributed by atoms with Crippen molar-refractivity contribution in [3.05, 3.63) is 16.0 Å². The highest BCUT2D eigenvalue weighted by Gasteiger charge is 2.28. The van der Waals surface area contributed by atoms with Gasteiger partial charge < -0.3 is 19.9 Å². The lowest BCUT2D eigenvalue weighted by atomic mass is 10.0. The number of hydrogen-bond acceptors (Lipinski definition) is 4. The zero-order chi connectivity index (χ0) is 18.6. The second kappa shape index (κ2) is 8.78. The summed E-state index contributed by atoms with van der Waals surface area (Å²) in [6.07, 6.45) is 2.30. The Kier molecular flexibility index (Phi) is 6.98. The maximum atomic E-state index is 12.5. The molecule has 140 valence electrons. The van der Waals surface area contributed by atoms with Crippen molar-refractivity contribution in [3.8, 4) is 0 Å². The Hall–Kier alpha value is -1.44. The molecular formula is C18H31N3O3S+2. The summed E-state index contributed by atoms with van der Waals surface area (Å²) in [6, 6.07) is 0.533. The van der Waals surface area contributed by atoms with Gasteiger partial charge in [-0.3, -0.25) is 4.79 Å². The molecule has 1 saturated heterocycles. The van der Waals surface area contributed by atoms with Crippen LogP contribution >= 0.6 is 11.3 Å². The van der Waals surface area contributed by atoms with Gasteiger partial charge >= 0.3 is 5.97 Å². The number of esters is 1. The van der Waals surface area contributed by atoms with Crippen LogP contribution in [0, 0.1) is 13.8 Å². The van der Waals surface area contributed by atoms with E-state index in [1.807, 2.05) is 13.8 Å². The maximum Gasteiger partial charge on any atom is 0.341 e. The van der Waals surface area contributed by atoms with Crippen LogP contribution in [0.4, 0.5) is 5.00 Å². The second-order valence-corrected chi connectivity index (χ2v) is 8.24. The van der Waals surface area contributed by atoms with Gasteiger partial charge in [-0.1, -0.05) is 0 Å². The van der Waals surface area contributed by atoms with Crippen molar-refractivity contribution in [2.24, 2.45) is 0 Å². The van der Waals surface area contributed by atoms with E-state index >= 15 is 0 Å². The minimum Gasteiger partial charge on any atom is -0.462 e. The molecule has 1 aromatic rings. The van der Waals surface area contributed by atoms with Gasteiger partial charge in [0.2, 0.25) is 0 Å². The number of piperidine rings is 1. The molecule has 2 heterocycles. The van der Waals surface area contributed by atoms with Crippen LogP contribution < -0.4 is 15.1 Å². The number of carbonyl (C=O) groups is 2. The minimum absolute atomic E-state index is 0.0458. The molecule has 1 aliphatic heterocycles. The summed E-state index contributed by atoms with van der Waals surface area (Å²) in [7, 11) is 4.30. The molecule has 25 heavy (non-hydrogen) atoms. The first-order valence-corrected chi connectivity index (χ1v) is 9.85. The maximum absolute atomic E-state index is 12.5. The molecule has 1 atom stereocenters. The van der Waals surface area contributed by atoms with E-state index in [0.717, 1.165) is 23.3 Å². The van der Waals surface area contributed by atoms with Gasteiger partial charge in [-0.05, 0) is 26.3 Å². The summed E-state index contributed by atoms with van der Waals surface area (Å²) in [5.41, 5.74) is 1.39. The SMILES string of the molecule is CCOC(=O)c1c(NC(=O)C[NH+](C)C2CC[NH+](C)CC2)sc(C)c1C. The zero-order valence-corrected chi connectivity index (χ0v) is 16.8. The van der Waals surface area contributed by atoms with Crippen molar-refractivity contribution in [3.63, 3.8) is 0 Å². The van der Waals surface area contributed by atoms with Crippen LogP contribution in [0.5, 0.6) is 0 Å². The number of thiophene rings is 1. The fourth-order valence-corrected chi connectivity index (χ4v) is 4.40. The molecule has 0 saturated carbocycles. The third-order valence-electron chi connectivity index (χ3n) is 5.09. The summed E-state index contributed by atoms with van der Waals surface area (Å²) in [6.45, 7) is 8.71. The van der Waals surface area contributed by atoms with E-state index in [1.165, 1.54) is 29.3 Å². The highest BCUT2D eigenvalue weighted by atomic mass is 32.1. The second-order valence-electron chi connectivity index (χ2n) is 7.01. The number of nitrogens with one attached hydrogen (secondary N) is 3. The number of likely N-dealkylation sites (N-methyl/N-ethyl adjacent to an activating group) is 1. The first-order chi connectivity index (χ1) is 11.8. The lowest BCUT2D eigenvalue weighted by Crippen LogP contribution is -3.18. The normalized spacial score (nSPS) is 21.6. The van der Waals surface area contributed by atoms with E-state index in [2.05, 4.69) is 19.4 Å². The Morgan fingerprint density at radius 3 is 2.56 bits per heavy atom. The van der Waals surface area contributed by atoms with Gasteiger partial charge in [0.25, 0.3) is 5.91 Å². The molecule has 1 fully saturated rings. The Bertz CT molecular complexity index is 621. The predicted octanol–water partition coefficient (Wildman–Crippen LogP) is -0.328. The first kappa shape index (κ1) is 19.9. The number of quaternary nitrogens is 2. The fourth-order valence-electron chi connectivity index (χ4n) is 3.34. The van der Waals surface area contributed by atoms with Gasteiger partial charge in [-0.2, -0.15) is 0 Å². The molecule has 7 heteroatoms. The van der Waals surface area contributed by atoms with Crippen LogP contribution in [0.1, 0.15) is 40.6 Å². The molecule has 0 radical (unpaired) electrons. The number of amides is 1. The Morgan fingerprint density at radius 1 is 1.32 bits per heavy atom. The molecule has 6 nitrogen and oxygen atoms in total. The molecule has 0 aromatic carbocycles. The van der Waals surface area contributed by atoms with Crippen LogP contribution in [-0.2, 0) is 9.53 Å². The van der Waals surface area contributed by atoms with E-state index < -0.39 is 0 Å². The van der Waals surface area contributed by atoms with Gasteiger partial charge in [0.05, 0.1) is 45.4 Å². The summed E-state index contributed by atoms with van der Waals surface area (Å²) >= 11 is 1.44. The summed E-state index contributed by atoms with van der Waals surface area (Å²) < 4.78 is 5.14. The highest BCUT2D eigenvalue weighted by Crippen LogP contribution is 2.32. The third kappa shape index (κ3) is 5.03. The number of likely N-dealkylation sites (tertiary alicyclic amines) is 1. The average molecular weight is 370 g/mol. The van der Waals surface area contributed by atoms with E-state index in [4.69, 9.17) is 4.74 Å². The van der Waals surface area contributed by atoms with Crippen molar-refractivity contribution in [2.45, 2.75) is 39.7 Å². The van der Waals surface area contributed by atoms with Gasteiger partial charge in [0.1, 0.15) is 5.00 Å². The van der Waals surface area contributed by atoms with Crippen molar-refractivity contribution >= 4 is 28.2 Å². The lowest BCUT2D eigenvalue weighted by molar-refractivity contribution is -0.935. The van der Waals surface area contributed by atoms with E-state index in [1.54, 1.807) is 11.8 Å². The molecule has 3 N–H and O–H groups in total. The van der Waals surface area contributed by atoms with E-state index in [-0.39, 0.29) is 11.9 Å². The van der Waals surface area contributed by atoms with Crippen LogP contribution in [0.2, 0.25) is 0 Å². The van der Waals surface area contributed by atoms with E-state index in [0.29, 0.717) is 29.8 Å². The summed E-state index contributed by atoms with van der Waals surface area (Å²) in [5.74, 6) is -0.408. The quantitative estimate of drug-likeness (QED) is 0.602. The first-order valence-electron chi connectivity index (χ1n) is 9.04. The third-order valence-corrected chi connectivity index (χ3v) is 6.22. The van der Waals surface area contributed by atoms with Crippen LogP contribution in [-0.4, -0.2) is 58.3 Å². The van der Waals surface area contributed by atoms with Crippen LogP contribution in [0.25, 0.3) is 0 Å². The molecule has 0 bridgehead atoms. The molecular weight excluding hydrogens is 338 g/mol. The van der Waals surface area contributed by atoms with Crippen molar-refractivity contribution in [1.82, 2.24) is 0 Å².